The SMILES string of the molecule is CC1=Cc2c(-c3nccs3)cccc2[CH]1[Zr]([Cl])([Cl])([CH]1C(C)=Cc2c(-c3nccs3)cccc21)[SiH](C)C. The monoisotopic (exact) mass is 643 g/mol. The number of halogens is 2. The van der Waals surface area contributed by atoms with Crippen LogP contribution < -0.4 is 0 Å². The molecular formula is C28H27Cl2N2S2SiZr. The standard InChI is InChI=1S/2C13H10NS.C2H7Si.2ClH.Zr/c2*1-9-7-10-3-2-4-11(12(10)8-9)13-14-5-6-15-13;1-3-2;;;/h2*2-8H,1H3;3H,1-2H3;2*1H;/q;;;;;+2/p-2. The van der Waals surface area contributed by atoms with E-state index in [2.05, 4.69) is 85.5 Å². The van der Waals surface area contributed by atoms with Gasteiger partial charge in [0.2, 0.25) is 0 Å². The average molecular weight is 646 g/mol. The van der Waals surface area contributed by atoms with Crippen LogP contribution in [0.3, 0.4) is 0 Å². The molecule has 0 amide bonds. The van der Waals surface area contributed by atoms with Gasteiger partial charge in [0.15, 0.2) is 0 Å². The van der Waals surface area contributed by atoms with Crippen LogP contribution in [0.1, 0.15) is 43.4 Å². The third-order valence-electron chi connectivity index (χ3n) is 8.09. The van der Waals surface area contributed by atoms with Crippen molar-refractivity contribution < 1.29 is 15.6 Å². The second-order valence-electron chi connectivity index (χ2n) is 10.3. The number of aromatic nitrogens is 2. The zero-order chi connectivity index (χ0) is 25.3. The van der Waals surface area contributed by atoms with E-state index in [1.165, 1.54) is 44.5 Å². The number of allylic oxidation sites excluding steroid dienone is 2. The molecule has 2 unspecified atom stereocenters. The first kappa shape index (κ1) is 25.2. The minimum absolute atomic E-state index is 0.0965. The molecule has 0 spiro atoms. The summed E-state index contributed by atoms with van der Waals surface area (Å²) in [5.41, 5.74) is 10.1. The first-order valence-corrected chi connectivity index (χ1v) is 30.3. The van der Waals surface area contributed by atoms with Crippen molar-refractivity contribution in [2.45, 2.75) is 34.2 Å². The third kappa shape index (κ3) is 3.56. The fourth-order valence-electron chi connectivity index (χ4n) is 6.49. The Morgan fingerprint density at radius 3 is 1.56 bits per heavy atom. The molecule has 2 aromatic carbocycles. The Morgan fingerprint density at radius 2 is 1.19 bits per heavy atom. The number of fused-ring (bicyclic) bond motifs is 2. The van der Waals surface area contributed by atoms with E-state index in [0.717, 1.165) is 10.0 Å². The van der Waals surface area contributed by atoms with Crippen LogP contribution in [0.2, 0.25) is 13.1 Å². The molecule has 0 bridgehead atoms. The second-order valence-corrected chi connectivity index (χ2v) is 54.6. The van der Waals surface area contributed by atoms with Crippen LogP contribution in [0.15, 0.2) is 70.7 Å². The second kappa shape index (κ2) is 8.97. The van der Waals surface area contributed by atoms with Gasteiger partial charge in [0.25, 0.3) is 0 Å². The van der Waals surface area contributed by atoms with Gasteiger partial charge < -0.3 is 0 Å². The Labute approximate surface area is 229 Å². The van der Waals surface area contributed by atoms with E-state index >= 15 is 0 Å². The number of thiazole rings is 2. The van der Waals surface area contributed by atoms with E-state index in [0.29, 0.717) is 0 Å². The molecule has 0 saturated heterocycles. The van der Waals surface area contributed by atoms with E-state index in [9.17, 15) is 0 Å². The number of hydrogen-bond donors (Lipinski definition) is 0. The van der Waals surface area contributed by atoms with Gasteiger partial charge >= 0.3 is 232 Å². The first-order chi connectivity index (χ1) is 17.2. The van der Waals surface area contributed by atoms with Gasteiger partial charge in [-0.3, -0.25) is 0 Å². The molecule has 0 N–H and O–H groups in total. The van der Waals surface area contributed by atoms with Crippen molar-refractivity contribution in [3.05, 3.63) is 93.0 Å². The van der Waals surface area contributed by atoms with Crippen molar-refractivity contribution in [3.8, 4) is 21.1 Å². The van der Waals surface area contributed by atoms with Crippen LogP contribution in [-0.2, 0) is 15.6 Å². The van der Waals surface area contributed by atoms with Gasteiger partial charge in [-0.15, -0.1) is 0 Å². The maximum absolute atomic E-state index is 8.27. The van der Waals surface area contributed by atoms with E-state index in [1.807, 2.05) is 23.2 Å². The molecule has 2 atom stereocenters. The molecule has 2 nitrogen and oxygen atoms in total. The number of hydrogen-bond acceptors (Lipinski definition) is 4. The first-order valence-electron chi connectivity index (χ1n) is 12.2. The van der Waals surface area contributed by atoms with E-state index in [1.54, 1.807) is 22.7 Å². The molecule has 0 fully saturated rings. The zero-order valence-electron chi connectivity index (χ0n) is 20.6. The van der Waals surface area contributed by atoms with Crippen molar-refractivity contribution in [3.63, 3.8) is 0 Å². The fourth-order valence-corrected chi connectivity index (χ4v) is 40.8. The summed E-state index contributed by atoms with van der Waals surface area (Å²) in [5.74, 6) is -1.54. The van der Waals surface area contributed by atoms with Crippen LogP contribution in [0, 0.1) is 0 Å². The molecule has 0 aliphatic heterocycles. The van der Waals surface area contributed by atoms with Gasteiger partial charge in [0.1, 0.15) is 0 Å². The minimum atomic E-state index is -4.62. The predicted octanol–water partition coefficient (Wildman–Crippen LogP) is 9.53. The summed E-state index contributed by atoms with van der Waals surface area (Å²) in [4.78, 5) is 9.23. The Kier molecular flexibility index (Phi) is 6.26. The van der Waals surface area contributed by atoms with Crippen LogP contribution >= 0.6 is 39.7 Å². The van der Waals surface area contributed by atoms with Gasteiger partial charge in [0.05, 0.1) is 0 Å². The van der Waals surface area contributed by atoms with Crippen LogP contribution in [-0.4, -0.2) is 15.9 Å². The zero-order valence-corrected chi connectivity index (χ0v) is 27.4. The molecule has 2 aliphatic rings. The van der Waals surface area contributed by atoms with Gasteiger partial charge in [0, 0.05) is 0 Å². The summed E-state index contributed by atoms with van der Waals surface area (Å²) in [6.45, 7) is 9.26. The summed E-state index contributed by atoms with van der Waals surface area (Å²) < 4.78 is 0.193. The molecule has 2 heterocycles. The molecule has 0 radical (unpaired) electrons. The molecule has 4 aromatic rings. The molecule has 2 aliphatic carbocycles. The molecule has 36 heavy (non-hydrogen) atoms. The molecule has 6 rings (SSSR count). The third-order valence-corrected chi connectivity index (χ3v) is 62.0. The van der Waals surface area contributed by atoms with E-state index in [-0.39, 0.29) is 7.25 Å². The van der Waals surface area contributed by atoms with Crippen molar-refractivity contribution in [1.29, 1.82) is 0 Å². The number of benzene rings is 2. The van der Waals surface area contributed by atoms with Crippen LogP contribution in [0.5, 0.6) is 0 Å². The van der Waals surface area contributed by atoms with Crippen LogP contribution in [0.4, 0.5) is 0 Å². The molecule has 183 valence electrons. The fraction of sp³-hybridized carbons (Fsp3) is 0.214. The van der Waals surface area contributed by atoms with Crippen LogP contribution in [0.25, 0.3) is 33.3 Å². The molecule has 0 saturated carbocycles. The quantitative estimate of drug-likeness (QED) is 0.202. The molecular weight excluding hydrogens is 619 g/mol. The van der Waals surface area contributed by atoms with Gasteiger partial charge in [-0.2, -0.15) is 0 Å². The summed E-state index contributed by atoms with van der Waals surface area (Å²) in [7, 11) is 16.5. The Morgan fingerprint density at radius 1 is 0.750 bits per heavy atom. The number of nitrogens with zero attached hydrogens (tertiary/aromatic N) is 2. The number of rotatable bonds is 5. The van der Waals surface area contributed by atoms with Crippen molar-refractivity contribution in [2.24, 2.45) is 0 Å². The summed E-state index contributed by atoms with van der Waals surface area (Å²) in [5, 5.41) is 6.17. The summed E-state index contributed by atoms with van der Waals surface area (Å²) in [6.07, 6.45) is 8.43. The van der Waals surface area contributed by atoms with E-state index < -0.39 is 21.5 Å². The Bertz CT molecular complexity index is 1430. The van der Waals surface area contributed by atoms with Crippen molar-refractivity contribution >= 4 is 57.8 Å². The van der Waals surface area contributed by atoms with Crippen molar-refractivity contribution in [1.82, 2.24) is 9.97 Å². The van der Waals surface area contributed by atoms with Gasteiger partial charge in [-0.1, -0.05) is 0 Å². The Balaban J connectivity index is 1.57. The van der Waals surface area contributed by atoms with Gasteiger partial charge in [-0.05, 0) is 0 Å². The summed E-state index contributed by atoms with van der Waals surface area (Å²) >= 11 is -1.26. The average Bonchev–Trinajstić information content (AvgIpc) is 3.63. The molecule has 2 aromatic heterocycles. The normalized spacial score (nSPS) is 20.0. The van der Waals surface area contributed by atoms with Gasteiger partial charge in [-0.25, -0.2) is 0 Å². The Hall–Kier alpha value is -1.14. The maximum atomic E-state index is 8.27. The summed E-state index contributed by atoms with van der Waals surface area (Å²) in [6, 6.07) is 13.2. The van der Waals surface area contributed by atoms with Crippen molar-refractivity contribution in [2.75, 3.05) is 0 Å². The van der Waals surface area contributed by atoms with E-state index in [4.69, 9.17) is 17.0 Å². The molecule has 8 heteroatoms. The predicted molar refractivity (Wildman–Crippen MR) is 158 cm³/mol. The topological polar surface area (TPSA) is 25.8 Å².